The number of aliphatic hydroxyl groups excluding tert-OH is 1. The molecule has 2 heterocycles. The van der Waals surface area contributed by atoms with Crippen molar-refractivity contribution in [1.29, 1.82) is 0 Å². The van der Waals surface area contributed by atoms with Crippen molar-refractivity contribution in [2.24, 2.45) is 0 Å². The topological polar surface area (TPSA) is 163 Å². The van der Waals surface area contributed by atoms with Crippen molar-refractivity contribution in [3.05, 3.63) is 22.7 Å². The first-order valence-corrected chi connectivity index (χ1v) is 7.07. The standard InChI is InChI=1S/C9H14N3O7P/c10-7-1-2-12(9(14)11-7)8-3-5(13)6(19-8)4-18-20(15,16)17/h1-2,5-6,8,13H,3-4H2,(H2,10,11,14)(H2,15,16,17)/p-2. The van der Waals surface area contributed by atoms with Gasteiger partial charge in [-0.25, -0.2) is 4.79 Å². The molecular weight excluding hydrogens is 293 g/mol. The maximum atomic E-state index is 11.6. The molecule has 3 N–H and O–H groups in total. The van der Waals surface area contributed by atoms with Crippen LogP contribution in [0.15, 0.2) is 17.1 Å². The molecule has 1 aromatic rings. The van der Waals surface area contributed by atoms with Gasteiger partial charge in [0, 0.05) is 12.6 Å². The van der Waals surface area contributed by atoms with E-state index in [4.69, 9.17) is 10.5 Å². The van der Waals surface area contributed by atoms with Crippen molar-refractivity contribution in [3.8, 4) is 0 Å². The summed E-state index contributed by atoms with van der Waals surface area (Å²) in [6, 6.07) is 1.38. The van der Waals surface area contributed by atoms with Gasteiger partial charge in [-0.1, -0.05) is 0 Å². The fraction of sp³-hybridized carbons (Fsp3) is 0.556. The average molecular weight is 305 g/mol. The van der Waals surface area contributed by atoms with Crippen molar-refractivity contribution >= 4 is 13.6 Å². The van der Waals surface area contributed by atoms with Crippen molar-refractivity contribution in [1.82, 2.24) is 9.55 Å². The highest BCUT2D eigenvalue weighted by Crippen LogP contribution is 2.31. The molecule has 0 aliphatic carbocycles. The summed E-state index contributed by atoms with van der Waals surface area (Å²) in [6.45, 7) is -0.612. The zero-order valence-corrected chi connectivity index (χ0v) is 11.0. The fourth-order valence-electron chi connectivity index (χ4n) is 1.85. The van der Waals surface area contributed by atoms with E-state index in [1.807, 2.05) is 0 Å². The smallest absolute Gasteiger partial charge is 0.351 e. The van der Waals surface area contributed by atoms with E-state index in [9.17, 15) is 24.3 Å². The van der Waals surface area contributed by atoms with E-state index in [0.29, 0.717) is 0 Å². The van der Waals surface area contributed by atoms with E-state index in [0.717, 1.165) is 4.57 Å². The maximum absolute atomic E-state index is 11.6. The third-order valence-corrected chi connectivity index (χ3v) is 3.23. The SMILES string of the molecule is Nc1ccn(C2CC(O)C(COP(=O)([O-])[O-])O2)c(=O)n1. The number of hydrogen-bond acceptors (Lipinski definition) is 9. The van der Waals surface area contributed by atoms with Gasteiger partial charge in [-0.3, -0.25) is 4.57 Å². The van der Waals surface area contributed by atoms with Crippen LogP contribution in [0, 0.1) is 0 Å². The lowest BCUT2D eigenvalue weighted by Gasteiger charge is -2.30. The molecule has 0 bridgehead atoms. The quantitative estimate of drug-likeness (QED) is 0.564. The second kappa shape index (κ2) is 5.60. The lowest BCUT2D eigenvalue weighted by Crippen LogP contribution is -2.29. The summed E-state index contributed by atoms with van der Waals surface area (Å²) in [5.41, 5.74) is 4.68. The molecule has 20 heavy (non-hydrogen) atoms. The molecule has 0 amide bonds. The number of phosphoric acid groups is 1. The first kappa shape index (κ1) is 15.1. The lowest BCUT2D eigenvalue weighted by molar-refractivity contribution is -0.343. The third-order valence-electron chi connectivity index (χ3n) is 2.76. The van der Waals surface area contributed by atoms with Crippen molar-refractivity contribution < 1.29 is 28.7 Å². The van der Waals surface area contributed by atoms with E-state index in [2.05, 4.69) is 9.51 Å². The van der Waals surface area contributed by atoms with E-state index in [-0.39, 0.29) is 12.2 Å². The average Bonchev–Trinajstić information content (AvgIpc) is 2.67. The summed E-state index contributed by atoms with van der Waals surface area (Å²) in [6.07, 6.45) is -1.56. The zero-order chi connectivity index (χ0) is 14.9. The zero-order valence-electron chi connectivity index (χ0n) is 10.1. The van der Waals surface area contributed by atoms with Crippen molar-refractivity contribution in [3.63, 3.8) is 0 Å². The van der Waals surface area contributed by atoms with Gasteiger partial charge < -0.3 is 34.5 Å². The van der Waals surface area contributed by atoms with Gasteiger partial charge in [-0.2, -0.15) is 4.98 Å². The van der Waals surface area contributed by atoms with Crippen LogP contribution in [0.3, 0.4) is 0 Å². The third kappa shape index (κ3) is 3.63. The molecule has 11 heteroatoms. The summed E-state index contributed by atoms with van der Waals surface area (Å²) >= 11 is 0. The molecule has 0 spiro atoms. The van der Waals surface area contributed by atoms with Crippen LogP contribution in [0.5, 0.6) is 0 Å². The summed E-state index contributed by atoms with van der Waals surface area (Å²) in [5, 5.41) is 9.70. The minimum absolute atomic E-state index is 0.0293. The van der Waals surface area contributed by atoms with Crippen LogP contribution in [-0.4, -0.2) is 33.5 Å². The number of nitrogen functional groups attached to an aromatic ring is 1. The van der Waals surface area contributed by atoms with Gasteiger partial charge in [-0.15, -0.1) is 0 Å². The highest BCUT2D eigenvalue weighted by Gasteiger charge is 2.35. The molecule has 112 valence electrons. The molecule has 0 aromatic carbocycles. The summed E-state index contributed by atoms with van der Waals surface area (Å²) < 4.78 is 20.8. The molecule has 1 aromatic heterocycles. The van der Waals surface area contributed by atoms with Crippen molar-refractivity contribution in [2.75, 3.05) is 12.3 Å². The number of aromatic nitrogens is 2. The summed E-state index contributed by atoms with van der Waals surface area (Å²) in [4.78, 5) is 35.8. The number of anilines is 1. The van der Waals surface area contributed by atoms with Gasteiger partial charge in [0.05, 0.1) is 20.5 Å². The van der Waals surface area contributed by atoms with Gasteiger partial charge in [0.15, 0.2) is 0 Å². The van der Waals surface area contributed by atoms with E-state index < -0.39 is 38.6 Å². The van der Waals surface area contributed by atoms with Crippen LogP contribution in [0.25, 0.3) is 0 Å². The Morgan fingerprint density at radius 1 is 1.65 bits per heavy atom. The van der Waals surface area contributed by atoms with Crippen LogP contribution in [-0.2, 0) is 13.8 Å². The molecule has 1 saturated heterocycles. The number of nitrogens with zero attached hydrogens (tertiary/aromatic N) is 2. The van der Waals surface area contributed by atoms with E-state index >= 15 is 0 Å². The Labute approximate surface area is 113 Å². The molecule has 1 fully saturated rings. The number of ether oxygens (including phenoxy) is 1. The first-order valence-electron chi connectivity index (χ1n) is 5.61. The van der Waals surface area contributed by atoms with Crippen LogP contribution in [0.2, 0.25) is 0 Å². The van der Waals surface area contributed by atoms with Gasteiger partial charge in [-0.05, 0) is 6.07 Å². The molecule has 0 saturated carbocycles. The minimum atomic E-state index is -5.14. The Balaban J connectivity index is 2.06. The van der Waals surface area contributed by atoms with Gasteiger partial charge in [0.2, 0.25) is 0 Å². The highest BCUT2D eigenvalue weighted by molar-refractivity contribution is 7.43. The molecule has 3 atom stereocenters. The van der Waals surface area contributed by atoms with Crippen molar-refractivity contribution in [2.45, 2.75) is 24.9 Å². The first-order chi connectivity index (χ1) is 9.26. The Hall–Kier alpha value is -1.29. The van der Waals surface area contributed by atoms with Gasteiger partial charge >= 0.3 is 5.69 Å². The summed E-state index contributed by atoms with van der Waals surface area (Å²) in [5.74, 6) is 0.0447. The Morgan fingerprint density at radius 2 is 2.35 bits per heavy atom. The molecular formula is C9H12N3O7P-2. The van der Waals surface area contributed by atoms with Crippen LogP contribution in [0.4, 0.5) is 5.82 Å². The summed E-state index contributed by atoms with van der Waals surface area (Å²) in [7, 11) is -5.14. The molecule has 2 rings (SSSR count). The molecule has 0 radical (unpaired) electrons. The molecule has 10 nitrogen and oxygen atoms in total. The Kier molecular flexibility index (Phi) is 4.23. The normalized spacial score (nSPS) is 26.9. The predicted molar refractivity (Wildman–Crippen MR) is 61.0 cm³/mol. The van der Waals surface area contributed by atoms with Gasteiger partial charge in [0.1, 0.15) is 18.1 Å². The molecule has 1 aliphatic heterocycles. The van der Waals surface area contributed by atoms with E-state index in [1.165, 1.54) is 12.3 Å². The number of phosphoric ester groups is 1. The minimum Gasteiger partial charge on any atom is -0.790 e. The maximum Gasteiger partial charge on any atom is 0.351 e. The Morgan fingerprint density at radius 3 is 2.95 bits per heavy atom. The number of rotatable bonds is 4. The number of hydrogen-bond donors (Lipinski definition) is 2. The van der Waals surface area contributed by atoms with Crippen LogP contribution in [0.1, 0.15) is 12.6 Å². The molecule has 1 aliphatic rings. The monoisotopic (exact) mass is 305 g/mol. The second-order valence-electron chi connectivity index (χ2n) is 4.22. The second-order valence-corrected chi connectivity index (χ2v) is 5.37. The number of aliphatic hydroxyl groups is 1. The fourth-order valence-corrected chi connectivity index (χ4v) is 2.18. The van der Waals surface area contributed by atoms with Gasteiger partial charge in [0.25, 0.3) is 0 Å². The number of nitrogens with two attached hydrogens (primary N) is 1. The van der Waals surface area contributed by atoms with E-state index in [1.54, 1.807) is 0 Å². The van der Waals surface area contributed by atoms with Crippen LogP contribution >= 0.6 is 7.82 Å². The largest absolute Gasteiger partial charge is 0.790 e. The predicted octanol–water partition coefficient (Wildman–Crippen LogP) is -2.68. The van der Waals surface area contributed by atoms with Crippen LogP contribution < -0.4 is 21.2 Å². The molecule has 3 unspecified atom stereocenters. The highest BCUT2D eigenvalue weighted by atomic mass is 31.2. The Bertz CT molecular complexity index is 585. The lowest BCUT2D eigenvalue weighted by atomic mass is 10.2.